The Balaban J connectivity index is 1.14. The number of fused-ring (bicyclic) bond motifs is 12. The summed E-state index contributed by atoms with van der Waals surface area (Å²) in [5.74, 6) is -0.883. The minimum Gasteiger partial charge on any atom is -0.354 e. The maximum Gasteiger partial charge on any atom is 0.194 e. The predicted molar refractivity (Wildman–Crippen MR) is 263 cm³/mol. The van der Waals surface area contributed by atoms with E-state index in [1.807, 2.05) is 97.4 Å². The number of benzene rings is 4. The zero-order valence-corrected chi connectivity index (χ0v) is 35.7. The van der Waals surface area contributed by atoms with Crippen molar-refractivity contribution >= 4 is 69.5 Å². The third-order valence-corrected chi connectivity index (χ3v) is 13.1. The van der Waals surface area contributed by atoms with Crippen LogP contribution in [-0.4, -0.2) is 53.0 Å². The molecule has 0 saturated carbocycles. The fourth-order valence-corrected chi connectivity index (χ4v) is 9.95. The predicted octanol–water partition coefficient (Wildman–Crippen LogP) is 11.7. The van der Waals surface area contributed by atoms with E-state index < -0.39 is 0 Å². The lowest BCUT2D eigenvalue weighted by Gasteiger charge is -2.18. The molecule has 7 heterocycles. The Morgan fingerprint density at radius 2 is 0.632 bits per heavy atom. The van der Waals surface area contributed by atoms with E-state index in [2.05, 4.69) is 19.9 Å². The smallest absolute Gasteiger partial charge is 0.194 e. The molecule has 0 amide bonds. The standard InChI is InChI=1S/C58H32N6O4/c65-55-35-9-1-3-11-37(35)57(67)41-27-31(13-15-39(41)55)51-43-17-18-44(61-43)52(32-14-16-40-42(28-32)58(68)38-12-4-2-10-36(38)56(40)66)46-20-22-48(63-46)54(34-8-6-26-60-30-34)50-24-23-49(64-50)53(33-7-5-25-59-29-33)47-21-19-45(51)62-47/h1-30,61,64H. The highest BCUT2D eigenvalue weighted by Gasteiger charge is 2.32. The summed E-state index contributed by atoms with van der Waals surface area (Å²) < 4.78 is 0. The first kappa shape index (κ1) is 38.9. The van der Waals surface area contributed by atoms with Crippen molar-refractivity contribution < 1.29 is 19.2 Å². The van der Waals surface area contributed by atoms with Gasteiger partial charge in [-0.1, -0.05) is 72.8 Å². The van der Waals surface area contributed by atoms with Crippen LogP contribution in [0, 0.1) is 0 Å². The fourth-order valence-electron chi connectivity index (χ4n) is 9.95. The molecule has 68 heavy (non-hydrogen) atoms. The molecule has 2 aliphatic carbocycles. The van der Waals surface area contributed by atoms with Gasteiger partial charge in [-0.25, -0.2) is 9.97 Å². The Bertz CT molecular complexity index is 3740. The minimum atomic E-state index is -0.233. The van der Waals surface area contributed by atoms with Crippen molar-refractivity contribution in [3.63, 3.8) is 0 Å². The van der Waals surface area contributed by atoms with Gasteiger partial charge in [0.25, 0.3) is 0 Å². The van der Waals surface area contributed by atoms with Gasteiger partial charge in [0.1, 0.15) is 0 Å². The molecule has 318 valence electrons. The number of carbonyl (C=O) groups excluding carboxylic acids is 4. The number of H-pyrrole nitrogens is 2. The molecule has 4 aromatic carbocycles. The molecule has 8 bridgehead atoms. The van der Waals surface area contributed by atoms with Crippen LogP contribution in [-0.2, 0) is 0 Å². The summed E-state index contributed by atoms with van der Waals surface area (Å²) in [6, 6.07) is 40.3. The highest BCUT2D eigenvalue weighted by atomic mass is 16.1. The number of rotatable bonds is 4. The second-order valence-electron chi connectivity index (χ2n) is 16.9. The van der Waals surface area contributed by atoms with E-state index in [4.69, 9.17) is 9.97 Å². The summed E-state index contributed by atoms with van der Waals surface area (Å²) in [6.07, 6.45) is 14.9. The van der Waals surface area contributed by atoms with Gasteiger partial charge in [0, 0.05) is 125 Å². The summed E-state index contributed by atoms with van der Waals surface area (Å²) in [5.41, 5.74) is 14.3. The van der Waals surface area contributed by atoms with Crippen molar-refractivity contribution in [3.05, 3.63) is 226 Å². The van der Waals surface area contributed by atoms with Gasteiger partial charge in [-0.15, -0.1) is 0 Å². The number of aromatic nitrogens is 6. The molecular formula is C58H32N6O4. The quantitative estimate of drug-likeness (QED) is 0.177. The average molecular weight is 877 g/mol. The first-order valence-electron chi connectivity index (χ1n) is 22.0. The van der Waals surface area contributed by atoms with Crippen molar-refractivity contribution in [1.82, 2.24) is 29.9 Å². The van der Waals surface area contributed by atoms with Crippen LogP contribution in [0.5, 0.6) is 0 Å². The highest BCUT2D eigenvalue weighted by molar-refractivity contribution is 6.29. The van der Waals surface area contributed by atoms with Crippen LogP contribution in [0.25, 0.3) is 90.9 Å². The molecule has 0 atom stereocenters. The van der Waals surface area contributed by atoms with E-state index in [1.165, 1.54) is 0 Å². The van der Waals surface area contributed by atoms with Crippen molar-refractivity contribution in [2.45, 2.75) is 0 Å². The zero-order chi connectivity index (χ0) is 45.6. The normalized spacial score (nSPS) is 13.3. The van der Waals surface area contributed by atoms with Crippen molar-refractivity contribution in [1.29, 1.82) is 0 Å². The lowest BCUT2D eigenvalue weighted by Crippen LogP contribution is -2.20. The number of nitrogens with one attached hydrogen (secondary N) is 2. The van der Waals surface area contributed by atoms with E-state index >= 15 is 0 Å². The van der Waals surface area contributed by atoms with E-state index in [-0.39, 0.29) is 23.1 Å². The number of ketones is 4. The lowest BCUT2D eigenvalue weighted by molar-refractivity contribution is 0.0979. The van der Waals surface area contributed by atoms with Gasteiger partial charge >= 0.3 is 0 Å². The van der Waals surface area contributed by atoms with E-state index in [0.717, 1.165) is 33.3 Å². The van der Waals surface area contributed by atoms with Gasteiger partial charge in [-0.05, 0) is 96.1 Å². The van der Waals surface area contributed by atoms with Gasteiger partial charge in [0.15, 0.2) is 23.1 Å². The van der Waals surface area contributed by atoms with E-state index in [9.17, 15) is 19.2 Å². The van der Waals surface area contributed by atoms with Crippen molar-refractivity contribution in [2.24, 2.45) is 0 Å². The number of nitrogens with zero attached hydrogens (tertiary/aromatic N) is 4. The van der Waals surface area contributed by atoms with E-state index in [0.29, 0.717) is 101 Å². The SMILES string of the molecule is O=C1c2ccccc2C(=O)c2cc(-c3c4nc(c(-c5cccnc5)c5ccc([nH]5)c(-c5cccnc5)c5nc(c(-c6ccc7c(c6)C(=O)c6ccccc6C7=O)c6ccc3[nH]6)C=C5)C=C4)ccc21. The van der Waals surface area contributed by atoms with Crippen LogP contribution >= 0.6 is 0 Å². The van der Waals surface area contributed by atoms with Gasteiger partial charge < -0.3 is 9.97 Å². The maximum atomic E-state index is 14.2. The van der Waals surface area contributed by atoms with Gasteiger partial charge in [-0.2, -0.15) is 0 Å². The van der Waals surface area contributed by atoms with Crippen LogP contribution in [0.4, 0.5) is 0 Å². The summed E-state index contributed by atoms with van der Waals surface area (Å²) >= 11 is 0. The maximum absolute atomic E-state index is 14.2. The number of carbonyl (C=O) groups is 4. The van der Waals surface area contributed by atoms with E-state index in [1.54, 1.807) is 85.2 Å². The van der Waals surface area contributed by atoms with Crippen LogP contribution in [0.3, 0.4) is 0 Å². The lowest BCUT2D eigenvalue weighted by atomic mass is 9.82. The molecular weight excluding hydrogens is 845 g/mol. The molecule has 2 N–H and O–H groups in total. The van der Waals surface area contributed by atoms with Crippen molar-refractivity contribution in [3.8, 4) is 44.5 Å². The Labute approximate surface area is 387 Å². The molecule has 10 heteroatoms. The number of hydrogen-bond donors (Lipinski definition) is 2. The molecule has 0 radical (unpaired) electrons. The average Bonchev–Trinajstić information content (AvgIpc) is 4.24. The molecule has 0 saturated heterocycles. The van der Waals surface area contributed by atoms with Crippen LogP contribution < -0.4 is 0 Å². The minimum absolute atomic E-state index is 0.208. The molecule has 2 aliphatic heterocycles. The molecule has 0 unspecified atom stereocenters. The second kappa shape index (κ2) is 15.0. The Kier molecular flexibility index (Phi) is 8.58. The van der Waals surface area contributed by atoms with Crippen molar-refractivity contribution in [2.75, 3.05) is 0 Å². The fraction of sp³-hybridized carbons (Fsp3) is 0. The highest BCUT2D eigenvalue weighted by Crippen LogP contribution is 2.41. The van der Waals surface area contributed by atoms with Crippen LogP contribution in [0.2, 0.25) is 0 Å². The van der Waals surface area contributed by atoms with Crippen LogP contribution in [0.15, 0.2) is 158 Å². The third-order valence-electron chi connectivity index (χ3n) is 13.1. The first-order valence-corrected chi connectivity index (χ1v) is 22.0. The zero-order valence-electron chi connectivity index (χ0n) is 35.7. The molecule has 4 aliphatic rings. The number of aromatic amines is 2. The Morgan fingerprint density at radius 1 is 0.309 bits per heavy atom. The summed E-state index contributed by atoms with van der Waals surface area (Å²) in [4.78, 5) is 83.0. The molecule has 5 aromatic heterocycles. The molecule has 0 fully saturated rings. The number of hydrogen-bond acceptors (Lipinski definition) is 8. The second-order valence-corrected chi connectivity index (χ2v) is 16.9. The number of pyridine rings is 2. The first-order chi connectivity index (χ1) is 33.4. The summed E-state index contributed by atoms with van der Waals surface area (Å²) in [7, 11) is 0. The topological polar surface area (TPSA) is 151 Å². The van der Waals surface area contributed by atoms with Gasteiger partial charge in [-0.3, -0.25) is 29.1 Å². The van der Waals surface area contributed by atoms with Gasteiger partial charge in [0.2, 0.25) is 0 Å². The molecule has 13 rings (SSSR count). The van der Waals surface area contributed by atoms with Crippen LogP contribution in [0.1, 0.15) is 86.5 Å². The Morgan fingerprint density at radius 3 is 0.971 bits per heavy atom. The molecule has 10 nitrogen and oxygen atoms in total. The third kappa shape index (κ3) is 5.98. The van der Waals surface area contributed by atoms with Gasteiger partial charge in [0.05, 0.1) is 22.8 Å². The monoisotopic (exact) mass is 876 g/mol. The summed E-state index contributed by atoms with van der Waals surface area (Å²) in [5, 5.41) is 0. The Hall–Kier alpha value is -9.54. The molecule has 9 aromatic rings. The molecule has 0 spiro atoms. The summed E-state index contributed by atoms with van der Waals surface area (Å²) in [6.45, 7) is 0. The largest absolute Gasteiger partial charge is 0.354 e.